The van der Waals surface area contributed by atoms with Crippen LogP contribution in [0.3, 0.4) is 0 Å². The molecule has 2 N–H and O–H groups in total. The van der Waals surface area contributed by atoms with Crippen molar-refractivity contribution in [2.45, 2.75) is 65.3 Å². The Hall–Kier alpha value is -1.32. The van der Waals surface area contributed by atoms with Gasteiger partial charge < -0.3 is 10.6 Å². The van der Waals surface area contributed by atoms with Gasteiger partial charge in [0.1, 0.15) is 17.5 Å². The highest BCUT2D eigenvalue weighted by Crippen LogP contribution is 2.28. The van der Waals surface area contributed by atoms with E-state index in [1.54, 1.807) is 0 Å². The van der Waals surface area contributed by atoms with Crippen molar-refractivity contribution in [3.05, 3.63) is 11.4 Å². The van der Waals surface area contributed by atoms with Gasteiger partial charge >= 0.3 is 0 Å². The second-order valence-corrected chi connectivity index (χ2v) is 6.08. The molecule has 2 unspecified atom stereocenters. The van der Waals surface area contributed by atoms with Crippen molar-refractivity contribution in [2.75, 3.05) is 17.7 Å². The second kappa shape index (κ2) is 6.91. The molecule has 0 aliphatic heterocycles. The van der Waals surface area contributed by atoms with Crippen LogP contribution in [0.5, 0.6) is 0 Å². The molecule has 0 aromatic carbocycles. The van der Waals surface area contributed by atoms with Crippen LogP contribution in [0.2, 0.25) is 0 Å². The Morgan fingerprint density at radius 3 is 2.60 bits per heavy atom. The summed E-state index contributed by atoms with van der Waals surface area (Å²) in [5, 5.41) is 6.85. The number of nitrogens with zero attached hydrogens (tertiary/aromatic N) is 2. The molecule has 0 amide bonds. The minimum absolute atomic E-state index is 0.562. The number of nitrogens with one attached hydrogen (secondary N) is 2. The van der Waals surface area contributed by atoms with Crippen LogP contribution >= 0.6 is 0 Å². The van der Waals surface area contributed by atoms with E-state index in [1.165, 1.54) is 25.7 Å². The van der Waals surface area contributed by atoms with E-state index in [2.05, 4.69) is 36.4 Å². The molecule has 1 heterocycles. The Kier molecular flexibility index (Phi) is 5.21. The molecule has 1 fully saturated rings. The first-order valence-corrected chi connectivity index (χ1v) is 7.95. The summed E-state index contributed by atoms with van der Waals surface area (Å²) in [6.07, 6.45) is 7.21. The van der Waals surface area contributed by atoms with E-state index in [9.17, 15) is 0 Å². The summed E-state index contributed by atoms with van der Waals surface area (Å²) in [5.41, 5.74) is 1.13. The van der Waals surface area contributed by atoms with Crippen LogP contribution in [-0.4, -0.2) is 23.1 Å². The second-order valence-electron chi connectivity index (χ2n) is 6.08. The van der Waals surface area contributed by atoms with Gasteiger partial charge in [-0.1, -0.05) is 26.7 Å². The maximum Gasteiger partial charge on any atom is 0.134 e. The number of hydrogen-bond acceptors (Lipinski definition) is 4. The molecule has 1 aromatic heterocycles. The van der Waals surface area contributed by atoms with Crippen molar-refractivity contribution < 1.29 is 0 Å². The Bertz CT molecular complexity index is 444. The van der Waals surface area contributed by atoms with E-state index in [-0.39, 0.29) is 0 Å². The number of rotatable bonds is 5. The average Bonchev–Trinajstić information content (AvgIpc) is 2.42. The molecule has 1 aliphatic rings. The van der Waals surface area contributed by atoms with Crippen molar-refractivity contribution >= 4 is 11.6 Å². The van der Waals surface area contributed by atoms with Crippen LogP contribution in [0, 0.1) is 12.8 Å². The summed E-state index contributed by atoms with van der Waals surface area (Å²) in [5.74, 6) is 3.73. The zero-order chi connectivity index (χ0) is 14.5. The van der Waals surface area contributed by atoms with E-state index in [0.717, 1.165) is 41.8 Å². The standard InChI is InChI=1S/C16H28N4/c1-5-7-14-19-15(17-4)12(3)16(20-14)18-13-9-6-8-11(2)10-13/h11,13H,5-10H2,1-4H3,(H2,17,18,19,20). The normalized spacial score (nSPS) is 22.6. The minimum Gasteiger partial charge on any atom is -0.373 e. The lowest BCUT2D eigenvalue weighted by molar-refractivity contribution is 0.358. The number of anilines is 2. The molecule has 1 saturated carbocycles. The van der Waals surface area contributed by atoms with Crippen LogP contribution in [0.15, 0.2) is 0 Å². The first-order chi connectivity index (χ1) is 9.63. The molecule has 0 spiro atoms. The highest BCUT2D eigenvalue weighted by atomic mass is 15.1. The molecule has 20 heavy (non-hydrogen) atoms. The van der Waals surface area contributed by atoms with E-state index >= 15 is 0 Å². The summed E-state index contributed by atoms with van der Waals surface area (Å²) in [7, 11) is 1.93. The molecule has 2 atom stereocenters. The average molecular weight is 276 g/mol. The summed E-state index contributed by atoms with van der Waals surface area (Å²) < 4.78 is 0. The fourth-order valence-corrected chi connectivity index (χ4v) is 3.04. The topological polar surface area (TPSA) is 49.8 Å². The molecule has 2 rings (SSSR count). The van der Waals surface area contributed by atoms with Crippen LogP contribution in [0.25, 0.3) is 0 Å². The number of hydrogen-bond donors (Lipinski definition) is 2. The number of aromatic nitrogens is 2. The van der Waals surface area contributed by atoms with Crippen molar-refractivity contribution in [1.82, 2.24) is 9.97 Å². The molecule has 0 bridgehead atoms. The van der Waals surface area contributed by atoms with E-state index in [0.29, 0.717) is 6.04 Å². The van der Waals surface area contributed by atoms with Gasteiger partial charge in [-0.3, -0.25) is 0 Å². The Morgan fingerprint density at radius 1 is 1.20 bits per heavy atom. The fraction of sp³-hybridized carbons (Fsp3) is 0.750. The molecular weight excluding hydrogens is 248 g/mol. The molecule has 0 saturated heterocycles. The van der Waals surface area contributed by atoms with Crippen LogP contribution in [0.1, 0.15) is 57.3 Å². The lowest BCUT2D eigenvalue weighted by Crippen LogP contribution is -2.27. The number of aryl methyl sites for hydroxylation is 1. The monoisotopic (exact) mass is 276 g/mol. The van der Waals surface area contributed by atoms with Gasteiger partial charge in [-0.05, 0) is 32.1 Å². The zero-order valence-electron chi connectivity index (χ0n) is 13.3. The highest BCUT2D eigenvalue weighted by Gasteiger charge is 2.20. The lowest BCUT2D eigenvalue weighted by atomic mass is 9.87. The predicted octanol–water partition coefficient (Wildman–Crippen LogP) is 3.77. The van der Waals surface area contributed by atoms with Gasteiger partial charge in [0, 0.05) is 25.1 Å². The Morgan fingerprint density at radius 2 is 1.95 bits per heavy atom. The maximum absolute atomic E-state index is 4.73. The van der Waals surface area contributed by atoms with Crippen molar-refractivity contribution in [2.24, 2.45) is 5.92 Å². The first kappa shape index (κ1) is 15.1. The predicted molar refractivity (Wildman–Crippen MR) is 85.4 cm³/mol. The van der Waals surface area contributed by atoms with Gasteiger partial charge in [0.05, 0.1) is 0 Å². The summed E-state index contributed by atoms with van der Waals surface area (Å²) >= 11 is 0. The van der Waals surface area contributed by atoms with Crippen LogP contribution in [0.4, 0.5) is 11.6 Å². The van der Waals surface area contributed by atoms with Crippen molar-refractivity contribution in [3.63, 3.8) is 0 Å². The molecule has 1 aliphatic carbocycles. The van der Waals surface area contributed by atoms with Gasteiger partial charge in [-0.25, -0.2) is 9.97 Å². The minimum atomic E-state index is 0.562. The first-order valence-electron chi connectivity index (χ1n) is 7.95. The largest absolute Gasteiger partial charge is 0.373 e. The molecule has 1 aromatic rings. The molecular formula is C16H28N4. The van der Waals surface area contributed by atoms with E-state index < -0.39 is 0 Å². The third-order valence-electron chi connectivity index (χ3n) is 4.18. The smallest absolute Gasteiger partial charge is 0.134 e. The van der Waals surface area contributed by atoms with Gasteiger partial charge in [0.15, 0.2) is 0 Å². The molecule has 112 valence electrons. The summed E-state index contributed by atoms with van der Waals surface area (Å²) in [6.45, 7) is 6.61. The van der Waals surface area contributed by atoms with Crippen LogP contribution in [-0.2, 0) is 6.42 Å². The SMILES string of the molecule is CCCc1nc(NC)c(C)c(NC2CCCC(C)C2)n1. The summed E-state index contributed by atoms with van der Waals surface area (Å²) in [4.78, 5) is 9.31. The third-order valence-corrected chi connectivity index (χ3v) is 4.18. The van der Waals surface area contributed by atoms with Gasteiger partial charge in [-0.15, -0.1) is 0 Å². The van der Waals surface area contributed by atoms with E-state index in [4.69, 9.17) is 4.98 Å². The molecule has 4 heteroatoms. The zero-order valence-corrected chi connectivity index (χ0v) is 13.3. The Labute approximate surface area is 122 Å². The van der Waals surface area contributed by atoms with Crippen molar-refractivity contribution in [1.29, 1.82) is 0 Å². The van der Waals surface area contributed by atoms with Crippen LogP contribution < -0.4 is 10.6 Å². The van der Waals surface area contributed by atoms with Crippen molar-refractivity contribution in [3.8, 4) is 0 Å². The van der Waals surface area contributed by atoms with Gasteiger partial charge in [-0.2, -0.15) is 0 Å². The lowest BCUT2D eigenvalue weighted by Gasteiger charge is -2.28. The quantitative estimate of drug-likeness (QED) is 0.859. The maximum atomic E-state index is 4.73. The van der Waals surface area contributed by atoms with Gasteiger partial charge in [0.2, 0.25) is 0 Å². The Balaban J connectivity index is 2.18. The van der Waals surface area contributed by atoms with Gasteiger partial charge in [0.25, 0.3) is 0 Å². The fourth-order valence-electron chi connectivity index (χ4n) is 3.04. The third kappa shape index (κ3) is 3.62. The molecule has 4 nitrogen and oxygen atoms in total. The summed E-state index contributed by atoms with van der Waals surface area (Å²) in [6, 6.07) is 0.562. The molecule has 0 radical (unpaired) electrons. The highest BCUT2D eigenvalue weighted by molar-refractivity contribution is 5.57. The van der Waals surface area contributed by atoms with E-state index in [1.807, 2.05) is 7.05 Å².